The lowest BCUT2D eigenvalue weighted by molar-refractivity contribution is -0.117. The number of anilines is 1. The number of carbonyl (C=O) groups excluding carboxylic acids is 2. The van der Waals surface area contributed by atoms with Gasteiger partial charge in [-0.05, 0) is 70.6 Å². The van der Waals surface area contributed by atoms with Crippen LogP contribution in [-0.4, -0.2) is 16.1 Å². The maximum absolute atomic E-state index is 13.8. The van der Waals surface area contributed by atoms with Gasteiger partial charge in [0, 0.05) is 38.4 Å². The van der Waals surface area contributed by atoms with Gasteiger partial charge in [-0.2, -0.15) is 0 Å². The molecule has 2 atom stereocenters. The molecule has 2 unspecified atom stereocenters. The van der Waals surface area contributed by atoms with E-state index in [1.54, 1.807) is 12.1 Å². The lowest BCUT2D eigenvalue weighted by Crippen LogP contribution is -2.37. The van der Waals surface area contributed by atoms with Crippen molar-refractivity contribution in [3.8, 4) is 0 Å². The van der Waals surface area contributed by atoms with Crippen molar-refractivity contribution in [2.75, 3.05) is 5.32 Å². The third-order valence-electron chi connectivity index (χ3n) is 5.55. The van der Waals surface area contributed by atoms with Crippen LogP contribution in [0.25, 0.3) is 0 Å². The van der Waals surface area contributed by atoms with E-state index < -0.39 is 39.6 Å². The largest absolute Gasteiger partial charge is 0.326 e. The maximum Gasteiger partial charge on any atom is 0.266 e. The van der Waals surface area contributed by atoms with Gasteiger partial charge in [-0.25, -0.2) is 14.2 Å². The molecule has 3 N–H and O–H groups in total. The number of rotatable bonds is 7. The third-order valence-corrected chi connectivity index (χ3v) is 7.67. The summed E-state index contributed by atoms with van der Waals surface area (Å²) in [6, 6.07) is 12.8. The Morgan fingerprint density at radius 2 is 1.75 bits per heavy atom. The molecule has 3 aromatic carbocycles. The number of alkyl halides is 2. The topological polar surface area (TPSA) is 70.2 Å². The van der Waals surface area contributed by atoms with E-state index in [-0.39, 0.29) is 22.7 Å². The Hall–Kier alpha value is -1.69. The minimum Gasteiger partial charge on any atom is -0.326 e. The van der Waals surface area contributed by atoms with Crippen LogP contribution in [0.4, 0.5) is 14.5 Å². The van der Waals surface area contributed by atoms with Gasteiger partial charge in [-0.3, -0.25) is 15.0 Å². The Morgan fingerprint density at radius 3 is 2.44 bits per heavy atom. The number of hydrogen-bond donors (Lipinski definition) is 3. The van der Waals surface area contributed by atoms with Gasteiger partial charge >= 0.3 is 0 Å². The Balaban J connectivity index is 1.41. The van der Waals surface area contributed by atoms with E-state index in [9.17, 15) is 18.4 Å². The number of hydrogen-bond acceptors (Lipinski definition) is 3. The summed E-state index contributed by atoms with van der Waals surface area (Å²) < 4.78 is 26.4. The van der Waals surface area contributed by atoms with Crippen LogP contribution in [0.15, 0.2) is 54.6 Å². The van der Waals surface area contributed by atoms with Gasteiger partial charge in [0.1, 0.15) is 16.0 Å². The van der Waals surface area contributed by atoms with Crippen molar-refractivity contribution >= 4 is 86.5 Å². The molecule has 188 valence electrons. The van der Waals surface area contributed by atoms with E-state index in [4.69, 9.17) is 46.4 Å². The summed E-state index contributed by atoms with van der Waals surface area (Å²) in [5, 5.41) is 3.36. The van der Waals surface area contributed by atoms with Crippen LogP contribution in [0.1, 0.15) is 27.4 Å². The second kappa shape index (κ2) is 11.0. The van der Waals surface area contributed by atoms with Crippen molar-refractivity contribution in [3.05, 3.63) is 96.5 Å². The van der Waals surface area contributed by atoms with Crippen molar-refractivity contribution in [2.24, 2.45) is 5.92 Å². The molecule has 3 aromatic rings. The highest BCUT2D eigenvalue weighted by atomic mass is 127. The molecule has 36 heavy (non-hydrogen) atoms. The zero-order chi connectivity index (χ0) is 26.2. The highest BCUT2D eigenvalue weighted by Gasteiger charge is 2.67. The first-order chi connectivity index (χ1) is 17.0. The summed E-state index contributed by atoms with van der Waals surface area (Å²) in [6.07, 6.45) is 0. The smallest absolute Gasteiger partial charge is 0.266 e. The molecule has 0 heterocycles. The highest BCUT2D eigenvalue weighted by Crippen LogP contribution is 2.65. The minimum absolute atomic E-state index is 0.0568. The van der Waals surface area contributed by atoms with Crippen molar-refractivity contribution in [3.63, 3.8) is 0 Å². The summed E-state index contributed by atoms with van der Waals surface area (Å²) in [7, 11) is 0. The first-order valence-corrected chi connectivity index (χ1v) is 13.0. The van der Waals surface area contributed by atoms with Gasteiger partial charge in [0.2, 0.25) is 5.91 Å². The van der Waals surface area contributed by atoms with Crippen LogP contribution in [0, 0.1) is 21.1 Å². The Labute approximate surface area is 238 Å². The second-order valence-electron chi connectivity index (χ2n) is 8.06. The van der Waals surface area contributed by atoms with Gasteiger partial charge in [-0.1, -0.05) is 29.3 Å². The molecule has 0 bridgehead atoms. The van der Waals surface area contributed by atoms with Crippen molar-refractivity contribution < 1.29 is 18.4 Å². The fourth-order valence-corrected chi connectivity index (χ4v) is 5.93. The van der Waals surface area contributed by atoms with E-state index in [0.29, 0.717) is 10.7 Å². The van der Waals surface area contributed by atoms with Gasteiger partial charge in [0.25, 0.3) is 5.91 Å². The molecule has 1 aliphatic carbocycles. The van der Waals surface area contributed by atoms with Crippen molar-refractivity contribution in [1.29, 1.82) is 0 Å². The van der Waals surface area contributed by atoms with Crippen LogP contribution in [0.5, 0.6) is 0 Å². The molecule has 1 fully saturated rings. The van der Waals surface area contributed by atoms with E-state index in [2.05, 4.69) is 38.8 Å². The predicted octanol–water partition coefficient (Wildman–Crippen LogP) is 6.84. The standard InChI is InChI=1S/C24H16Cl4F2IN3O2/c25-13-5-12(6-15(31)7-13)20-21(24(20,27)28)23(36)33-16-3-4-18(26)17(9-16)22(35)34-32-10-11-1-2-14(29)8-19(11)30/h1-9,20-21,32H,10H2,(H,33,36)(H,34,35). The van der Waals surface area contributed by atoms with Crippen molar-refractivity contribution in [2.45, 2.75) is 16.8 Å². The molecule has 1 aliphatic rings. The molecule has 0 aliphatic heterocycles. The lowest BCUT2D eigenvalue weighted by Gasteiger charge is -2.11. The average molecular weight is 685 g/mol. The maximum atomic E-state index is 13.8. The number of halogens is 7. The molecule has 1 saturated carbocycles. The minimum atomic E-state index is -1.32. The molecule has 12 heteroatoms. The van der Waals surface area contributed by atoms with Gasteiger partial charge in [0.05, 0.1) is 16.5 Å². The van der Waals surface area contributed by atoms with Gasteiger partial charge in [0.15, 0.2) is 0 Å². The molecular formula is C24H16Cl4F2IN3O2. The molecule has 5 nitrogen and oxygen atoms in total. The molecule has 0 radical (unpaired) electrons. The molecule has 4 rings (SSSR count). The van der Waals surface area contributed by atoms with Crippen LogP contribution in [0.2, 0.25) is 10.0 Å². The van der Waals surface area contributed by atoms with E-state index in [1.807, 2.05) is 6.07 Å². The van der Waals surface area contributed by atoms with Crippen LogP contribution >= 0.6 is 69.0 Å². The fourth-order valence-electron chi connectivity index (χ4n) is 3.77. The Kier molecular flexibility index (Phi) is 8.33. The normalized spacial score (nSPS) is 18.0. The second-order valence-corrected chi connectivity index (χ2v) is 11.6. The fraction of sp³-hybridized carbons (Fsp3) is 0.167. The van der Waals surface area contributed by atoms with Crippen LogP contribution in [-0.2, 0) is 11.3 Å². The quantitative estimate of drug-likeness (QED) is 0.145. The molecular weight excluding hydrogens is 669 g/mol. The summed E-state index contributed by atoms with van der Waals surface area (Å²) in [6.45, 7) is -0.0923. The SMILES string of the molecule is O=C(NNCc1ccc(F)cc1F)c1cc(NC(=O)C2C(c3cc(Cl)cc(I)c3)C2(Cl)Cl)ccc1Cl. The number of nitrogens with one attached hydrogen (secondary N) is 3. The predicted molar refractivity (Wildman–Crippen MR) is 146 cm³/mol. The van der Waals surface area contributed by atoms with Crippen LogP contribution in [0.3, 0.4) is 0 Å². The highest BCUT2D eigenvalue weighted by molar-refractivity contribution is 14.1. The zero-order valence-electron chi connectivity index (χ0n) is 18.0. The summed E-state index contributed by atoms with van der Waals surface area (Å²) in [4.78, 5) is 25.6. The monoisotopic (exact) mass is 683 g/mol. The Bertz CT molecular complexity index is 1340. The van der Waals surface area contributed by atoms with Crippen molar-refractivity contribution in [1.82, 2.24) is 10.9 Å². The van der Waals surface area contributed by atoms with E-state index in [1.165, 1.54) is 24.3 Å². The van der Waals surface area contributed by atoms with E-state index >= 15 is 0 Å². The molecule has 0 aromatic heterocycles. The number of hydrazine groups is 1. The number of carbonyl (C=O) groups is 2. The lowest BCUT2D eigenvalue weighted by atomic mass is 10.1. The summed E-state index contributed by atoms with van der Waals surface area (Å²) in [5.74, 6) is -3.71. The molecule has 2 amide bonds. The van der Waals surface area contributed by atoms with E-state index in [0.717, 1.165) is 21.3 Å². The first kappa shape index (κ1) is 27.3. The Morgan fingerprint density at radius 1 is 1.00 bits per heavy atom. The van der Waals surface area contributed by atoms with Gasteiger partial charge < -0.3 is 5.32 Å². The first-order valence-electron chi connectivity index (χ1n) is 10.4. The van der Waals surface area contributed by atoms with Crippen LogP contribution < -0.4 is 16.2 Å². The zero-order valence-corrected chi connectivity index (χ0v) is 23.2. The number of amides is 2. The average Bonchev–Trinajstić information content (AvgIpc) is 3.38. The summed E-state index contributed by atoms with van der Waals surface area (Å²) in [5.41, 5.74) is 6.22. The van der Waals surface area contributed by atoms with Gasteiger partial charge in [-0.15, -0.1) is 23.2 Å². The number of benzene rings is 3. The molecule has 0 spiro atoms. The summed E-state index contributed by atoms with van der Waals surface area (Å²) >= 11 is 27.3. The molecule has 0 saturated heterocycles. The third kappa shape index (κ3) is 6.06.